The first-order chi connectivity index (χ1) is 12.5. The number of carbonyl (C=O) groups excluding carboxylic acids is 1. The molecule has 0 spiro atoms. The minimum Gasteiger partial charge on any atom is -0.497 e. The second-order valence-electron chi connectivity index (χ2n) is 5.56. The van der Waals surface area contributed by atoms with E-state index in [1.165, 1.54) is 6.92 Å². The lowest BCUT2D eigenvalue weighted by molar-refractivity contribution is 0.101. The molecule has 0 aliphatic carbocycles. The van der Waals surface area contributed by atoms with Gasteiger partial charge in [-0.25, -0.2) is 0 Å². The molecular formula is C19H16N4O3. The standard InChI is InChI=1S/C19H16N4O3/c1-11(24)18-12(2)26-19(15(18)10-20)21-17-9-8-16(22-23-17)13-4-6-14(25-3)7-5-13/h4-9H,1-3H3,(H,21,23). The van der Waals surface area contributed by atoms with Gasteiger partial charge in [0.2, 0.25) is 5.88 Å². The Balaban J connectivity index is 1.85. The molecule has 0 aliphatic rings. The highest BCUT2D eigenvalue weighted by atomic mass is 16.5. The van der Waals surface area contributed by atoms with Gasteiger partial charge in [0.05, 0.1) is 18.4 Å². The van der Waals surface area contributed by atoms with Gasteiger partial charge in [-0.15, -0.1) is 10.2 Å². The van der Waals surface area contributed by atoms with Crippen molar-refractivity contribution in [1.29, 1.82) is 5.26 Å². The van der Waals surface area contributed by atoms with E-state index in [-0.39, 0.29) is 22.8 Å². The third kappa shape index (κ3) is 3.26. The first-order valence-corrected chi connectivity index (χ1v) is 7.83. The molecule has 0 bridgehead atoms. The number of ether oxygens (including phenoxy) is 1. The summed E-state index contributed by atoms with van der Waals surface area (Å²) in [5.74, 6) is 1.51. The number of methoxy groups -OCH3 is 1. The van der Waals surface area contributed by atoms with Crippen LogP contribution >= 0.6 is 0 Å². The predicted molar refractivity (Wildman–Crippen MR) is 95.5 cm³/mol. The quantitative estimate of drug-likeness (QED) is 0.698. The maximum Gasteiger partial charge on any atom is 0.217 e. The second-order valence-corrected chi connectivity index (χ2v) is 5.56. The Hall–Kier alpha value is -3.66. The molecule has 2 heterocycles. The molecule has 0 fully saturated rings. The largest absolute Gasteiger partial charge is 0.497 e. The van der Waals surface area contributed by atoms with Crippen LogP contribution in [-0.2, 0) is 0 Å². The van der Waals surface area contributed by atoms with Crippen LogP contribution in [0.2, 0.25) is 0 Å². The summed E-state index contributed by atoms with van der Waals surface area (Å²) in [6.07, 6.45) is 0. The number of nitrogens with zero attached hydrogens (tertiary/aromatic N) is 3. The minimum absolute atomic E-state index is 0.163. The van der Waals surface area contributed by atoms with E-state index < -0.39 is 0 Å². The van der Waals surface area contributed by atoms with E-state index in [1.54, 1.807) is 26.2 Å². The van der Waals surface area contributed by atoms with Crippen LogP contribution in [0.5, 0.6) is 5.75 Å². The minimum atomic E-state index is -0.225. The molecule has 0 saturated carbocycles. The lowest BCUT2D eigenvalue weighted by Gasteiger charge is -2.05. The van der Waals surface area contributed by atoms with Gasteiger partial charge in [0, 0.05) is 5.56 Å². The van der Waals surface area contributed by atoms with E-state index in [1.807, 2.05) is 30.3 Å². The number of nitrogens with one attached hydrogen (secondary N) is 1. The van der Waals surface area contributed by atoms with Crippen molar-refractivity contribution >= 4 is 17.5 Å². The van der Waals surface area contributed by atoms with Crippen LogP contribution < -0.4 is 10.1 Å². The zero-order chi connectivity index (χ0) is 18.7. The van der Waals surface area contributed by atoms with E-state index in [9.17, 15) is 10.1 Å². The maximum atomic E-state index is 11.7. The summed E-state index contributed by atoms with van der Waals surface area (Å²) in [5, 5.41) is 20.5. The Morgan fingerprint density at radius 1 is 1.19 bits per heavy atom. The van der Waals surface area contributed by atoms with Crippen LogP contribution in [0, 0.1) is 18.3 Å². The molecule has 0 radical (unpaired) electrons. The van der Waals surface area contributed by atoms with Crippen molar-refractivity contribution < 1.29 is 13.9 Å². The summed E-state index contributed by atoms with van der Waals surface area (Å²) in [7, 11) is 1.61. The summed E-state index contributed by atoms with van der Waals surface area (Å²) in [6.45, 7) is 3.03. The van der Waals surface area contributed by atoms with Crippen molar-refractivity contribution in [3.63, 3.8) is 0 Å². The summed E-state index contributed by atoms with van der Waals surface area (Å²) in [5.41, 5.74) is 2.03. The zero-order valence-corrected chi connectivity index (χ0v) is 14.5. The molecule has 7 heteroatoms. The Bertz CT molecular complexity index is 983. The van der Waals surface area contributed by atoms with E-state index >= 15 is 0 Å². The number of nitriles is 1. The SMILES string of the molecule is COc1ccc(-c2ccc(Nc3oc(C)c(C(C)=O)c3C#N)nn2)cc1. The second kappa shape index (κ2) is 7.07. The number of Topliss-reactive ketones (excluding diaryl/α,β-unsaturated/α-hetero) is 1. The zero-order valence-electron chi connectivity index (χ0n) is 14.5. The van der Waals surface area contributed by atoms with Gasteiger partial charge in [-0.2, -0.15) is 5.26 Å². The normalized spacial score (nSPS) is 10.2. The number of ketones is 1. The van der Waals surface area contributed by atoms with Crippen LogP contribution in [0.4, 0.5) is 11.7 Å². The molecule has 1 N–H and O–H groups in total. The molecule has 1 aromatic carbocycles. The third-order valence-corrected chi connectivity index (χ3v) is 3.84. The highest BCUT2D eigenvalue weighted by molar-refractivity contribution is 5.99. The number of rotatable bonds is 5. The Morgan fingerprint density at radius 2 is 1.92 bits per heavy atom. The fourth-order valence-electron chi connectivity index (χ4n) is 2.59. The van der Waals surface area contributed by atoms with Crippen molar-refractivity contribution in [1.82, 2.24) is 10.2 Å². The number of hydrogen-bond acceptors (Lipinski definition) is 7. The number of furan rings is 1. The molecular weight excluding hydrogens is 332 g/mol. The van der Waals surface area contributed by atoms with E-state index in [4.69, 9.17) is 9.15 Å². The van der Waals surface area contributed by atoms with Gasteiger partial charge in [-0.05, 0) is 50.2 Å². The van der Waals surface area contributed by atoms with Crippen LogP contribution in [-0.4, -0.2) is 23.1 Å². The molecule has 0 aliphatic heterocycles. The lowest BCUT2D eigenvalue weighted by atomic mass is 10.1. The number of aromatic nitrogens is 2. The molecule has 0 saturated heterocycles. The van der Waals surface area contributed by atoms with Gasteiger partial charge in [-0.3, -0.25) is 4.79 Å². The van der Waals surface area contributed by atoms with Crippen molar-refractivity contribution in [3.8, 4) is 23.1 Å². The number of hydrogen-bond donors (Lipinski definition) is 1. The first kappa shape index (κ1) is 17.2. The van der Waals surface area contributed by atoms with Crippen molar-refractivity contribution in [3.05, 3.63) is 53.3 Å². The number of aryl methyl sites for hydroxylation is 1. The number of carbonyl (C=O) groups is 1. The van der Waals surface area contributed by atoms with Crippen LogP contribution in [0.3, 0.4) is 0 Å². The van der Waals surface area contributed by atoms with E-state index in [0.717, 1.165) is 11.3 Å². The van der Waals surface area contributed by atoms with Crippen molar-refractivity contribution in [2.45, 2.75) is 13.8 Å². The van der Waals surface area contributed by atoms with Gasteiger partial charge in [0.25, 0.3) is 0 Å². The van der Waals surface area contributed by atoms with Gasteiger partial charge in [0.15, 0.2) is 11.6 Å². The third-order valence-electron chi connectivity index (χ3n) is 3.84. The number of benzene rings is 1. The van der Waals surface area contributed by atoms with Crippen LogP contribution in [0.15, 0.2) is 40.8 Å². The smallest absolute Gasteiger partial charge is 0.217 e. The summed E-state index contributed by atoms with van der Waals surface area (Å²) >= 11 is 0. The predicted octanol–water partition coefficient (Wildman–Crippen LogP) is 3.87. The Labute approximate surface area is 150 Å². The molecule has 0 atom stereocenters. The topological polar surface area (TPSA) is 101 Å². The highest BCUT2D eigenvalue weighted by Crippen LogP contribution is 2.29. The molecule has 3 rings (SSSR count). The highest BCUT2D eigenvalue weighted by Gasteiger charge is 2.21. The maximum absolute atomic E-state index is 11.7. The van der Waals surface area contributed by atoms with Crippen molar-refractivity contribution in [2.24, 2.45) is 0 Å². The van der Waals surface area contributed by atoms with Gasteiger partial charge < -0.3 is 14.5 Å². The van der Waals surface area contributed by atoms with E-state index in [0.29, 0.717) is 17.3 Å². The average molecular weight is 348 g/mol. The van der Waals surface area contributed by atoms with E-state index in [2.05, 4.69) is 15.5 Å². The summed E-state index contributed by atoms with van der Waals surface area (Å²) < 4.78 is 10.6. The first-order valence-electron chi connectivity index (χ1n) is 7.83. The fourth-order valence-corrected chi connectivity index (χ4v) is 2.59. The summed E-state index contributed by atoms with van der Waals surface area (Å²) in [4.78, 5) is 11.7. The lowest BCUT2D eigenvalue weighted by Crippen LogP contribution is -1.99. The molecule has 26 heavy (non-hydrogen) atoms. The fraction of sp³-hybridized carbons (Fsp3) is 0.158. The van der Waals surface area contributed by atoms with Gasteiger partial charge in [0.1, 0.15) is 23.1 Å². The Kier molecular flexibility index (Phi) is 4.67. The average Bonchev–Trinajstić information content (AvgIpc) is 2.97. The monoisotopic (exact) mass is 348 g/mol. The summed E-state index contributed by atoms with van der Waals surface area (Å²) in [6, 6.07) is 13.0. The van der Waals surface area contributed by atoms with Crippen LogP contribution in [0.1, 0.15) is 28.6 Å². The van der Waals surface area contributed by atoms with Crippen molar-refractivity contribution in [2.75, 3.05) is 12.4 Å². The molecule has 130 valence electrons. The number of anilines is 2. The Morgan fingerprint density at radius 3 is 2.46 bits per heavy atom. The molecule has 3 aromatic rings. The molecule has 7 nitrogen and oxygen atoms in total. The molecule has 0 amide bonds. The van der Waals surface area contributed by atoms with Crippen LogP contribution in [0.25, 0.3) is 11.3 Å². The van der Waals surface area contributed by atoms with Gasteiger partial charge in [-0.1, -0.05) is 0 Å². The molecule has 2 aromatic heterocycles. The van der Waals surface area contributed by atoms with Gasteiger partial charge >= 0.3 is 0 Å². The molecule has 0 unspecified atom stereocenters.